The molecular weight excluding hydrogens is 459 g/mol. The molecule has 5 rings (SSSR count). The third kappa shape index (κ3) is 4.07. The van der Waals surface area contributed by atoms with E-state index in [0.29, 0.717) is 30.8 Å². The molecule has 176 valence electrons. The third-order valence-corrected chi connectivity index (χ3v) is 7.02. The van der Waals surface area contributed by atoms with Crippen molar-refractivity contribution in [2.24, 2.45) is 0 Å². The van der Waals surface area contributed by atoms with Gasteiger partial charge in [0.15, 0.2) is 5.82 Å². The summed E-state index contributed by atoms with van der Waals surface area (Å²) in [5, 5.41) is 11.8. The van der Waals surface area contributed by atoms with Crippen molar-refractivity contribution in [3.05, 3.63) is 53.4 Å². The van der Waals surface area contributed by atoms with Crippen molar-refractivity contribution in [3.63, 3.8) is 0 Å². The van der Waals surface area contributed by atoms with Crippen LogP contribution in [-0.2, 0) is 4.79 Å². The lowest BCUT2D eigenvalue weighted by Gasteiger charge is -2.19. The summed E-state index contributed by atoms with van der Waals surface area (Å²) < 4.78 is 15.2. The van der Waals surface area contributed by atoms with Gasteiger partial charge in [0.05, 0.1) is 10.6 Å². The average Bonchev–Trinajstić information content (AvgIpc) is 3.61. The molecule has 2 fully saturated rings. The van der Waals surface area contributed by atoms with Crippen molar-refractivity contribution in [1.82, 2.24) is 30.3 Å². The Morgan fingerprint density at radius 2 is 2.03 bits per heavy atom. The zero-order valence-corrected chi connectivity index (χ0v) is 19.1. The van der Waals surface area contributed by atoms with Crippen molar-refractivity contribution in [3.8, 4) is 16.4 Å². The largest absolute Gasteiger partial charge is 0.349 e. The number of thiophene rings is 1. The summed E-state index contributed by atoms with van der Waals surface area (Å²) in [6.07, 6.45) is 3.62. The number of hydrogen-bond donors (Lipinski definition) is 2. The Labute approximate surface area is 199 Å². The normalized spacial score (nSPS) is 16.9. The van der Waals surface area contributed by atoms with Gasteiger partial charge in [-0.1, -0.05) is 25.0 Å². The summed E-state index contributed by atoms with van der Waals surface area (Å²) in [7, 11) is 0. The maximum Gasteiger partial charge on any atom is 0.325 e. The van der Waals surface area contributed by atoms with Crippen LogP contribution in [0.3, 0.4) is 0 Å². The van der Waals surface area contributed by atoms with Gasteiger partial charge in [0.1, 0.15) is 11.4 Å². The van der Waals surface area contributed by atoms with E-state index < -0.39 is 17.3 Å². The Bertz CT molecular complexity index is 1240. The van der Waals surface area contributed by atoms with Crippen LogP contribution in [0, 0.1) is 5.82 Å². The molecule has 1 aliphatic heterocycles. The lowest BCUT2D eigenvalue weighted by Crippen LogP contribution is -2.44. The standard InChI is InChI=1S/C23H23FN6O3S/c24-15-6-3-7-16(14-15)30-19(17-8-4-13-34-17)26-18(28-30)20(31)25-11-5-12-29-21(32)23(27-22(29)33)9-1-2-10-23/h3-4,6-8,13-14H,1-2,5,9-12H2,(H,25,31)(H,27,33). The average molecular weight is 483 g/mol. The number of amides is 4. The first kappa shape index (κ1) is 22.2. The number of nitrogens with one attached hydrogen (secondary N) is 2. The molecule has 2 N–H and O–H groups in total. The highest BCUT2D eigenvalue weighted by molar-refractivity contribution is 7.13. The number of halogens is 1. The molecule has 3 heterocycles. The molecule has 1 spiro atoms. The summed E-state index contributed by atoms with van der Waals surface area (Å²) in [6, 6.07) is 9.24. The van der Waals surface area contributed by atoms with E-state index in [1.165, 1.54) is 33.1 Å². The van der Waals surface area contributed by atoms with Gasteiger partial charge in [0, 0.05) is 13.1 Å². The van der Waals surface area contributed by atoms with Crippen molar-refractivity contribution < 1.29 is 18.8 Å². The van der Waals surface area contributed by atoms with E-state index in [0.717, 1.165) is 17.7 Å². The molecule has 34 heavy (non-hydrogen) atoms. The van der Waals surface area contributed by atoms with Crippen LogP contribution in [0.25, 0.3) is 16.4 Å². The third-order valence-electron chi connectivity index (χ3n) is 6.15. The van der Waals surface area contributed by atoms with E-state index in [2.05, 4.69) is 20.7 Å². The number of urea groups is 1. The van der Waals surface area contributed by atoms with Gasteiger partial charge in [-0.3, -0.25) is 14.5 Å². The molecule has 2 aromatic heterocycles. The van der Waals surface area contributed by atoms with E-state index in [9.17, 15) is 18.8 Å². The zero-order chi connectivity index (χ0) is 23.7. The predicted molar refractivity (Wildman–Crippen MR) is 123 cm³/mol. The maximum atomic E-state index is 13.8. The molecule has 1 saturated heterocycles. The smallest absolute Gasteiger partial charge is 0.325 e. The minimum Gasteiger partial charge on any atom is -0.349 e. The van der Waals surface area contributed by atoms with Gasteiger partial charge in [0.2, 0.25) is 5.82 Å². The van der Waals surface area contributed by atoms with Crippen LogP contribution in [0.4, 0.5) is 9.18 Å². The molecule has 11 heteroatoms. The monoisotopic (exact) mass is 482 g/mol. The van der Waals surface area contributed by atoms with Crippen LogP contribution in [0.2, 0.25) is 0 Å². The minimum absolute atomic E-state index is 0.0486. The Morgan fingerprint density at radius 3 is 2.76 bits per heavy atom. The van der Waals surface area contributed by atoms with Gasteiger partial charge in [-0.25, -0.2) is 18.9 Å². The zero-order valence-electron chi connectivity index (χ0n) is 18.3. The van der Waals surface area contributed by atoms with Crippen LogP contribution in [-0.4, -0.2) is 56.1 Å². The van der Waals surface area contributed by atoms with Gasteiger partial charge >= 0.3 is 6.03 Å². The van der Waals surface area contributed by atoms with Gasteiger partial charge in [-0.2, -0.15) is 0 Å². The summed E-state index contributed by atoms with van der Waals surface area (Å²) in [6.45, 7) is 0.462. The fourth-order valence-electron chi connectivity index (χ4n) is 4.48. The second kappa shape index (κ2) is 8.98. The molecule has 3 aromatic rings. The van der Waals surface area contributed by atoms with Crippen LogP contribution < -0.4 is 10.6 Å². The number of benzene rings is 1. The molecule has 0 unspecified atom stereocenters. The van der Waals surface area contributed by atoms with Crippen LogP contribution >= 0.6 is 11.3 Å². The molecule has 1 saturated carbocycles. The Morgan fingerprint density at radius 1 is 1.21 bits per heavy atom. The van der Waals surface area contributed by atoms with Crippen LogP contribution in [0.5, 0.6) is 0 Å². The fraction of sp³-hybridized carbons (Fsp3) is 0.348. The molecule has 1 aliphatic carbocycles. The van der Waals surface area contributed by atoms with E-state index in [4.69, 9.17) is 0 Å². The molecule has 0 radical (unpaired) electrons. The molecule has 4 amide bonds. The Hall–Kier alpha value is -3.60. The number of carbonyl (C=O) groups excluding carboxylic acids is 3. The molecule has 0 atom stereocenters. The molecule has 9 nitrogen and oxygen atoms in total. The second-order valence-corrected chi connectivity index (χ2v) is 9.36. The van der Waals surface area contributed by atoms with Gasteiger partial charge in [-0.05, 0) is 48.9 Å². The minimum atomic E-state index is -0.730. The Kier molecular flexibility index (Phi) is 5.86. The second-order valence-electron chi connectivity index (χ2n) is 8.41. The van der Waals surface area contributed by atoms with E-state index in [1.54, 1.807) is 12.1 Å². The highest BCUT2D eigenvalue weighted by atomic mass is 32.1. The summed E-state index contributed by atoms with van der Waals surface area (Å²) in [5.41, 5.74) is -0.277. The number of carbonyl (C=O) groups is 3. The summed E-state index contributed by atoms with van der Waals surface area (Å²) in [4.78, 5) is 44.1. The highest BCUT2D eigenvalue weighted by Crippen LogP contribution is 2.35. The SMILES string of the molecule is O=C(NCCCN1C(=O)NC2(CCCC2)C1=O)c1nc(-c2cccs2)n(-c2cccc(F)c2)n1. The first-order chi connectivity index (χ1) is 16.5. The number of aromatic nitrogens is 3. The van der Waals surface area contributed by atoms with E-state index in [-0.39, 0.29) is 30.9 Å². The van der Waals surface area contributed by atoms with Crippen molar-refractivity contribution in [1.29, 1.82) is 0 Å². The van der Waals surface area contributed by atoms with Crippen LogP contribution in [0.1, 0.15) is 42.7 Å². The van der Waals surface area contributed by atoms with Crippen molar-refractivity contribution >= 4 is 29.2 Å². The number of hydrogen-bond acceptors (Lipinski definition) is 6. The van der Waals surface area contributed by atoms with Gasteiger partial charge in [-0.15, -0.1) is 16.4 Å². The first-order valence-corrected chi connectivity index (χ1v) is 12.0. The van der Waals surface area contributed by atoms with E-state index >= 15 is 0 Å². The molecular formula is C23H23FN6O3S. The molecule has 2 aliphatic rings. The summed E-state index contributed by atoms with van der Waals surface area (Å²) in [5.74, 6) is -0.689. The lowest BCUT2D eigenvalue weighted by molar-refractivity contribution is -0.131. The fourth-order valence-corrected chi connectivity index (χ4v) is 5.17. The van der Waals surface area contributed by atoms with Gasteiger partial charge in [0.25, 0.3) is 11.8 Å². The molecule has 0 bridgehead atoms. The van der Waals surface area contributed by atoms with Crippen molar-refractivity contribution in [2.45, 2.75) is 37.6 Å². The Balaban J connectivity index is 1.24. The maximum absolute atomic E-state index is 13.8. The number of rotatable bonds is 7. The number of nitrogens with zero attached hydrogens (tertiary/aromatic N) is 4. The van der Waals surface area contributed by atoms with Crippen molar-refractivity contribution in [2.75, 3.05) is 13.1 Å². The predicted octanol–water partition coefficient (Wildman–Crippen LogP) is 3.12. The van der Waals surface area contributed by atoms with Crippen LogP contribution in [0.15, 0.2) is 41.8 Å². The highest BCUT2D eigenvalue weighted by Gasteiger charge is 2.52. The van der Waals surface area contributed by atoms with Gasteiger partial charge < -0.3 is 10.6 Å². The summed E-state index contributed by atoms with van der Waals surface area (Å²) >= 11 is 1.43. The molecule has 1 aromatic carbocycles. The first-order valence-electron chi connectivity index (χ1n) is 11.2. The topological polar surface area (TPSA) is 109 Å². The lowest BCUT2D eigenvalue weighted by atomic mass is 9.98. The van der Waals surface area contributed by atoms with E-state index in [1.807, 2.05) is 17.5 Å². The quantitative estimate of drug-likeness (QED) is 0.397. The number of imide groups is 1.